The number of fused-ring (bicyclic) bond motifs is 1. The van der Waals surface area contributed by atoms with Crippen LogP contribution in [0.5, 0.6) is 23.0 Å². The van der Waals surface area contributed by atoms with Crippen molar-refractivity contribution < 1.29 is 33.3 Å². The van der Waals surface area contributed by atoms with Crippen molar-refractivity contribution in [3.63, 3.8) is 0 Å². The first-order chi connectivity index (χ1) is 17.1. The van der Waals surface area contributed by atoms with Crippen molar-refractivity contribution in [2.24, 2.45) is 0 Å². The van der Waals surface area contributed by atoms with E-state index >= 15 is 0 Å². The van der Waals surface area contributed by atoms with Crippen LogP contribution in [0.1, 0.15) is 42.2 Å². The lowest BCUT2D eigenvalue weighted by Crippen LogP contribution is -2.08. The molecule has 4 rings (SSSR count). The Balaban J connectivity index is 1.28. The number of ketones is 1. The molecular formula is C26H27NO7S. The molecule has 1 aromatic heterocycles. The van der Waals surface area contributed by atoms with Crippen LogP contribution in [0.15, 0.2) is 41.8 Å². The maximum atomic E-state index is 12.5. The van der Waals surface area contributed by atoms with Gasteiger partial charge in [-0.25, -0.2) is 4.98 Å². The zero-order valence-electron chi connectivity index (χ0n) is 19.7. The number of methoxy groups -OCH3 is 1. The average molecular weight is 498 g/mol. The molecule has 1 aliphatic rings. The predicted molar refractivity (Wildman–Crippen MR) is 131 cm³/mol. The number of aromatic nitrogens is 1. The van der Waals surface area contributed by atoms with E-state index in [-0.39, 0.29) is 25.2 Å². The summed E-state index contributed by atoms with van der Waals surface area (Å²) in [5.74, 6) is 1.88. The van der Waals surface area contributed by atoms with Crippen molar-refractivity contribution in [2.45, 2.75) is 32.8 Å². The zero-order chi connectivity index (χ0) is 24.6. The highest BCUT2D eigenvalue weighted by Gasteiger charge is 2.16. The smallest absolute Gasteiger partial charge is 0.306 e. The molecule has 0 saturated heterocycles. The topological polar surface area (TPSA) is 93.2 Å². The molecule has 0 spiro atoms. The van der Waals surface area contributed by atoms with E-state index in [2.05, 4.69) is 4.98 Å². The summed E-state index contributed by atoms with van der Waals surface area (Å²) in [7, 11) is 1.59. The number of Topliss-reactive ketones (excluding diaryl/α,β-unsaturated/α-hetero) is 1. The van der Waals surface area contributed by atoms with Gasteiger partial charge >= 0.3 is 5.97 Å². The van der Waals surface area contributed by atoms with E-state index in [0.717, 1.165) is 17.0 Å². The van der Waals surface area contributed by atoms with Crippen LogP contribution in [-0.4, -0.2) is 43.7 Å². The molecule has 0 bridgehead atoms. The first-order valence-corrected chi connectivity index (χ1v) is 12.3. The van der Waals surface area contributed by atoms with Gasteiger partial charge in [-0.15, -0.1) is 11.3 Å². The minimum atomic E-state index is -0.454. The average Bonchev–Trinajstić information content (AvgIpc) is 3.23. The molecule has 8 nitrogen and oxygen atoms in total. The van der Waals surface area contributed by atoms with E-state index in [1.807, 2.05) is 30.5 Å². The molecule has 0 amide bonds. The van der Waals surface area contributed by atoms with E-state index in [9.17, 15) is 9.59 Å². The molecular weight excluding hydrogens is 470 g/mol. The SMILES string of the molecule is CCOc1ccc(-c2nc(COC(=O)CCC(=O)c3ccc4c(c3)OCCCO4)cs2)cc1OC. The summed E-state index contributed by atoms with van der Waals surface area (Å²) in [6.07, 6.45) is 0.825. The highest BCUT2D eigenvalue weighted by Crippen LogP contribution is 2.34. The van der Waals surface area contributed by atoms with Crippen LogP contribution in [0.4, 0.5) is 0 Å². The van der Waals surface area contributed by atoms with Crippen LogP contribution in [0.3, 0.4) is 0 Å². The molecule has 0 fully saturated rings. The third-order valence-electron chi connectivity index (χ3n) is 5.27. The van der Waals surface area contributed by atoms with Crippen molar-refractivity contribution in [2.75, 3.05) is 26.9 Å². The Morgan fingerprint density at radius 1 is 1.03 bits per heavy atom. The fourth-order valence-electron chi connectivity index (χ4n) is 3.50. The van der Waals surface area contributed by atoms with Crippen LogP contribution in [0.25, 0.3) is 10.6 Å². The van der Waals surface area contributed by atoms with Gasteiger partial charge in [-0.2, -0.15) is 0 Å². The number of thiazole rings is 1. The number of nitrogens with zero attached hydrogens (tertiary/aromatic N) is 1. The number of hydrogen-bond donors (Lipinski definition) is 0. The van der Waals surface area contributed by atoms with Crippen LogP contribution in [0, 0.1) is 0 Å². The molecule has 3 aromatic rings. The van der Waals surface area contributed by atoms with Gasteiger partial charge in [0.2, 0.25) is 0 Å². The summed E-state index contributed by atoms with van der Waals surface area (Å²) in [4.78, 5) is 29.3. The number of rotatable bonds is 10. The zero-order valence-corrected chi connectivity index (χ0v) is 20.5. The number of benzene rings is 2. The molecule has 184 valence electrons. The third-order valence-corrected chi connectivity index (χ3v) is 6.21. The molecule has 1 aliphatic heterocycles. The Morgan fingerprint density at radius 2 is 1.86 bits per heavy atom. The monoisotopic (exact) mass is 497 g/mol. The summed E-state index contributed by atoms with van der Waals surface area (Å²) in [5.41, 5.74) is 2.01. The fraction of sp³-hybridized carbons (Fsp3) is 0.346. The van der Waals surface area contributed by atoms with Crippen molar-refractivity contribution in [3.05, 3.63) is 53.0 Å². The lowest BCUT2D eigenvalue weighted by molar-refractivity contribution is -0.145. The molecule has 0 saturated carbocycles. The first-order valence-electron chi connectivity index (χ1n) is 11.4. The first kappa shape index (κ1) is 24.5. The molecule has 2 heterocycles. The molecule has 0 unspecified atom stereocenters. The van der Waals surface area contributed by atoms with E-state index in [1.165, 1.54) is 11.3 Å². The Labute approximate surface area is 207 Å². The second kappa shape index (κ2) is 11.7. The van der Waals surface area contributed by atoms with E-state index in [0.29, 0.717) is 54.1 Å². The van der Waals surface area contributed by atoms with Crippen molar-refractivity contribution in [3.8, 4) is 33.6 Å². The van der Waals surface area contributed by atoms with Crippen molar-refractivity contribution >= 4 is 23.1 Å². The number of carbonyl (C=O) groups is 2. The van der Waals surface area contributed by atoms with Gasteiger partial charge in [0.25, 0.3) is 0 Å². The molecule has 0 radical (unpaired) electrons. The normalized spacial score (nSPS) is 12.5. The number of carbonyl (C=O) groups excluding carboxylic acids is 2. The van der Waals surface area contributed by atoms with Gasteiger partial charge in [0.05, 0.1) is 39.0 Å². The van der Waals surface area contributed by atoms with Gasteiger partial charge in [0.1, 0.15) is 11.6 Å². The Kier molecular flexibility index (Phi) is 8.20. The minimum absolute atomic E-state index is 0.0135. The van der Waals surface area contributed by atoms with Gasteiger partial charge in [0, 0.05) is 29.3 Å². The highest BCUT2D eigenvalue weighted by molar-refractivity contribution is 7.13. The van der Waals surface area contributed by atoms with E-state index < -0.39 is 5.97 Å². The van der Waals surface area contributed by atoms with E-state index in [1.54, 1.807) is 25.3 Å². The molecule has 0 aliphatic carbocycles. The summed E-state index contributed by atoms with van der Waals surface area (Å²) in [6, 6.07) is 10.7. The van der Waals surface area contributed by atoms with Crippen LogP contribution >= 0.6 is 11.3 Å². The van der Waals surface area contributed by atoms with Gasteiger partial charge in [0.15, 0.2) is 28.8 Å². The molecule has 35 heavy (non-hydrogen) atoms. The second-order valence-electron chi connectivity index (χ2n) is 7.74. The summed E-state index contributed by atoms with van der Waals surface area (Å²) in [5, 5.41) is 2.62. The van der Waals surface area contributed by atoms with Gasteiger partial charge < -0.3 is 23.7 Å². The lowest BCUT2D eigenvalue weighted by Gasteiger charge is -2.10. The number of hydrogen-bond acceptors (Lipinski definition) is 9. The van der Waals surface area contributed by atoms with Gasteiger partial charge in [-0.3, -0.25) is 9.59 Å². The second-order valence-corrected chi connectivity index (χ2v) is 8.60. The third kappa shape index (κ3) is 6.30. The highest BCUT2D eigenvalue weighted by atomic mass is 32.1. The van der Waals surface area contributed by atoms with Gasteiger partial charge in [-0.05, 0) is 43.3 Å². The van der Waals surface area contributed by atoms with Crippen molar-refractivity contribution in [1.82, 2.24) is 4.98 Å². The largest absolute Gasteiger partial charge is 0.493 e. The quantitative estimate of drug-likeness (QED) is 0.283. The Hall–Kier alpha value is -3.59. The maximum absolute atomic E-state index is 12.5. The number of ether oxygens (including phenoxy) is 5. The van der Waals surface area contributed by atoms with Gasteiger partial charge in [-0.1, -0.05) is 0 Å². The van der Waals surface area contributed by atoms with Crippen molar-refractivity contribution in [1.29, 1.82) is 0 Å². The summed E-state index contributed by atoms with van der Waals surface area (Å²) in [6.45, 7) is 3.63. The maximum Gasteiger partial charge on any atom is 0.306 e. The molecule has 9 heteroatoms. The minimum Gasteiger partial charge on any atom is -0.493 e. The lowest BCUT2D eigenvalue weighted by atomic mass is 10.1. The van der Waals surface area contributed by atoms with E-state index in [4.69, 9.17) is 23.7 Å². The standard InChI is InChI=1S/C26H27NO7S/c1-3-31-21-9-6-18(14-23(21)30-2)26-27-19(16-35-26)15-34-25(29)10-7-20(28)17-5-8-22-24(13-17)33-12-4-11-32-22/h5-6,8-9,13-14,16H,3-4,7,10-12,15H2,1-2H3. The fourth-order valence-corrected chi connectivity index (χ4v) is 4.31. The predicted octanol–water partition coefficient (Wildman–Crippen LogP) is 5.09. The summed E-state index contributed by atoms with van der Waals surface area (Å²) < 4.78 is 27.5. The number of esters is 1. The summed E-state index contributed by atoms with van der Waals surface area (Å²) >= 11 is 1.45. The van der Waals surface area contributed by atoms with Crippen LogP contribution in [-0.2, 0) is 16.1 Å². The molecule has 2 aromatic carbocycles. The Morgan fingerprint density at radius 3 is 2.66 bits per heavy atom. The van der Waals surface area contributed by atoms with Crippen LogP contribution < -0.4 is 18.9 Å². The molecule has 0 atom stereocenters. The Bertz CT molecular complexity index is 1190. The molecule has 0 N–H and O–H groups in total. The van der Waals surface area contributed by atoms with Crippen LogP contribution in [0.2, 0.25) is 0 Å².